The topological polar surface area (TPSA) is 61.4 Å². The van der Waals surface area contributed by atoms with E-state index in [1.165, 1.54) is 0 Å². The molecule has 0 heterocycles. The fourth-order valence-corrected chi connectivity index (χ4v) is 2.69. The van der Waals surface area contributed by atoms with Crippen LogP contribution in [-0.4, -0.2) is 43.9 Å². The smallest absolute Gasteiger partial charge is 0.251 e. The molecular weight excluding hydrogens is 362 g/mol. The first-order chi connectivity index (χ1) is 12.9. The molecule has 0 aromatic heterocycles. The highest BCUT2D eigenvalue weighted by atomic mass is 35.5. The molecule has 144 valence electrons. The van der Waals surface area contributed by atoms with E-state index in [-0.39, 0.29) is 11.8 Å². The van der Waals surface area contributed by atoms with Crippen molar-refractivity contribution in [3.63, 3.8) is 0 Å². The molecule has 6 heteroatoms. The zero-order chi connectivity index (χ0) is 19.6. The molecule has 0 aliphatic carbocycles. The zero-order valence-corrected chi connectivity index (χ0v) is 16.6. The Kier molecular flexibility index (Phi) is 8.30. The van der Waals surface area contributed by atoms with Crippen molar-refractivity contribution in [3.05, 3.63) is 64.7 Å². The van der Waals surface area contributed by atoms with Gasteiger partial charge in [0.25, 0.3) is 5.91 Å². The summed E-state index contributed by atoms with van der Waals surface area (Å²) in [5.74, 6) is -0.204. The van der Waals surface area contributed by atoms with Crippen LogP contribution < -0.4 is 10.6 Å². The third-order valence-electron chi connectivity index (χ3n) is 4.04. The Morgan fingerprint density at radius 3 is 2.52 bits per heavy atom. The number of aryl methyl sites for hydroxylation is 1. The van der Waals surface area contributed by atoms with E-state index < -0.39 is 0 Å². The van der Waals surface area contributed by atoms with Crippen LogP contribution in [0.5, 0.6) is 0 Å². The van der Waals surface area contributed by atoms with Crippen LogP contribution in [0.4, 0.5) is 5.69 Å². The third kappa shape index (κ3) is 7.81. The number of benzene rings is 2. The van der Waals surface area contributed by atoms with Gasteiger partial charge in [-0.15, -0.1) is 0 Å². The minimum Gasteiger partial charge on any atom is -0.351 e. The lowest BCUT2D eigenvalue weighted by atomic mass is 10.1. The predicted molar refractivity (Wildman–Crippen MR) is 110 cm³/mol. The molecule has 5 nitrogen and oxygen atoms in total. The van der Waals surface area contributed by atoms with Gasteiger partial charge in [-0.25, -0.2) is 0 Å². The van der Waals surface area contributed by atoms with Gasteiger partial charge in [-0.05, 0) is 62.8 Å². The van der Waals surface area contributed by atoms with Crippen molar-refractivity contribution in [2.75, 3.05) is 32.5 Å². The van der Waals surface area contributed by atoms with Crippen LogP contribution in [-0.2, 0) is 11.2 Å². The molecule has 2 aromatic carbocycles. The Balaban J connectivity index is 1.79. The number of hydrogen-bond donors (Lipinski definition) is 2. The van der Waals surface area contributed by atoms with E-state index >= 15 is 0 Å². The lowest BCUT2D eigenvalue weighted by Gasteiger charge is -2.11. The summed E-state index contributed by atoms with van der Waals surface area (Å²) in [7, 11) is 3.91. The quantitative estimate of drug-likeness (QED) is 0.691. The molecular formula is C21H26ClN3O2. The average Bonchev–Trinajstić information content (AvgIpc) is 2.63. The summed E-state index contributed by atoms with van der Waals surface area (Å²) < 4.78 is 0. The molecule has 0 fully saturated rings. The molecule has 2 rings (SSSR count). The maximum absolute atomic E-state index is 12.2. The summed E-state index contributed by atoms with van der Waals surface area (Å²) >= 11 is 5.87. The largest absolute Gasteiger partial charge is 0.351 e. The number of hydrogen-bond acceptors (Lipinski definition) is 3. The maximum Gasteiger partial charge on any atom is 0.251 e. The van der Waals surface area contributed by atoms with Crippen molar-refractivity contribution < 1.29 is 9.59 Å². The number of amides is 2. The first-order valence-electron chi connectivity index (χ1n) is 9.01. The Morgan fingerprint density at radius 1 is 1.07 bits per heavy atom. The number of carbonyl (C=O) groups is 2. The van der Waals surface area contributed by atoms with Crippen molar-refractivity contribution in [1.82, 2.24) is 10.2 Å². The number of halogens is 1. The summed E-state index contributed by atoms with van der Waals surface area (Å²) in [6, 6.07) is 14.6. The molecule has 0 saturated heterocycles. The monoisotopic (exact) mass is 387 g/mol. The van der Waals surface area contributed by atoms with Crippen molar-refractivity contribution in [2.24, 2.45) is 0 Å². The van der Waals surface area contributed by atoms with Crippen molar-refractivity contribution in [3.8, 4) is 0 Å². The van der Waals surface area contributed by atoms with Crippen LogP contribution in [0, 0.1) is 0 Å². The second-order valence-electron chi connectivity index (χ2n) is 6.67. The SMILES string of the molecule is CN(C)CCNC(=O)c1cccc(NC(=O)CCCc2ccc(Cl)cc2)c1. The fraction of sp³-hybridized carbons (Fsp3) is 0.333. The van der Waals surface area contributed by atoms with Gasteiger partial charge in [-0.3, -0.25) is 9.59 Å². The lowest BCUT2D eigenvalue weighted by molar-refractivity contribution is -0.116. The molecule has 0 unspecified atom stereocenters. The molecule has 2 aromatic rings. The number of nitrogens with zero attached hydrogens (tertiary/aromatic N) is 1. The van der Waals surface area contributed by atoms with E-state index in [1.54, 1.807) is 24.3 Å². The maximum atomic E-state index is 12.2. The van der Waals surface area contributed by atoms with Gasteiger partial charge < -0.3 is 15.5 Å². The number of carbonyl (C=O) groups excluding carboxylic acids is 2. The summed E-state index contributed by atoms with van der Waals surface area (Å²) in [6.45, 7) is 1.35. The van der Waals surface area contributed by atoms with Gasteiger partial charge in [-0.1, -0.05) is 29.8 Å². The molecule has 0 atom stereocenters. The van der Waals surface area contributed by atoms with Crippen molar-refractivity contribution in [2.45, 2.75) is 19.3 Å². The standard InChI is InChI=1S/C21H26ClN3O2/c1-25(2)14-13-23-21(27)17-6-4-7-19(15-17)24-20(26)8-3-5-16-9-11-18(22)12-10-16/h4,6-7,9-12,15H,3,5,8,13-14H2,1-2H3,(H,23,27)(H,24,26). The number of nitrogens with one attached hydrogen (secondary N) is 2. The van der Waals surface area contributed by atoms with Crippen LogP contribution in [0.25, 0.3) is 0 Å². The molecule has 0 spiro atoms. The van der Waals surface area contributed by atoms with Crippen molar-refractivity contribution in [1.29, 1.82) is 0 Å². The first-order valence-corrected chi connectivity index (χ1v) is 9.39. The first kappa shape index (κ1) is 20.9. The van der Waals surface area contributed by atoms with Gasteiger partial charge in [0.1, 0.15) is 0 Å². The van der Waals surface area contributed by atoms with Crippen LogP contribution in [0.15, 0.2) is 48.5 Å². The zero-order valence-electron chi connectivity index (χ0n) is 15.8. The van der Waals surface area contributed by atoms with E-state index in [1.807, 2.05) is 43.3 Å². The molecule has 0 aliphatic rings. The molecule has 0 aliphatic heterocycles. The van der Waals surface area contributed by atoms with Crippen molar-refractivity contribution >= 4 is 29.1 Å². The Hall–Kier alpha value is -2.37. The highest BCUT2D eigenvalue weighted by Crippen LogP contribution is 2.14. The number of anilines is 1. The Labute approximate surface area is 165 Å². The minimum atomic E-state index is -0.143. The summed E-state index contributed by atoms with van der Waals surface area (Å²) in [6.07, 6.45) is 1.99. The van der Waals surface area contributed by atoms with Crippen LogP contribution in [0.1, 0.15) is 28.8 Å². The molecule has 0 saturated carbocycles. The Morgan fingerprint density at radius 2 is 1.81 bits per heavy atom. The van der Waals surface area contributed by atoms with Crippen LogP contribution in [0.2, 0.25) is 5.02 Å². The van der Waals surface area contributed by atoms with Crippen LogP contribution >= 0.6 is 11.6 Å². The van der Waals surface area contributed by atoms with Crippen LogP contribution in [0.3, 0.4) is 0 Å². The molecule has 0 radical (unpaired) electrons. The second-order valence-corrected chi connectivity index (χ2v) is 7.10. The summed E-state index contributed by atoms with van der Waals surface area (Å²) in [5, 5.41) is 6.43. The minimum absolute atomic E-state index is 0.0610. The van der Waals surface area contributed by atoms with Gasteiger partial charge in [0.2, 0.25) is 5.91 Å². The normalized spacial score (nSPS) is 10.7. The summed E-state index contributed by atoms with van der Waals surface area (Å²) in [5.41, 5.74) is 2.32. The van der Waals surface area contributed by atoms with E-state index in [0.717, 1.165) is 24.9 Å². The molecule has 0 bridgehead atoms. The third-order valence-corrected chi connectivity index (χ3v) is 4.29. The van der Waals surface area contributed by atoms with Gasteiger partial charge in [0.05, 0.1) is 0 Å². The highest BCUT2D eigenvalue weighted by Gasteiger charge is 2.08. The summed E-state index contributed by atoms with van der Waals surface area (Å²) in [4.78, 5) is 26.3. The fourth-order valence-electron chi connectivity index (χ4n) is 2.56. The number of rotatable bonds is 9. The highest BCUT2D eigenvalue weighted by molar-refractivity contribution is 6.30. The van der Waals surface area contributed by atoms with Gasteiger partial charge in [0.15, 0.2) is 0 Å². The van der Waals surface area contributed by atoms with E-state index in [2.05, 4.69) is 10.6 Å². The molecule has 27 heavy (non-hydrogen) atoms. The average molecular weight is 388 g/mol. The van der Waals surface area contributed by atoms with Gasteiger partial charge in [0, 0.05) is 35.8 Å². The van der Waals surface area contributed by atoms with Gasteiger partial charge >= 0.3 is 0 Å². The predicted octanol–water partition coefficient (Wildman–Crippen LogP) is 3.59. The molecule has 2 N–H and O–H groups in total. The lowest BCUT2D eigenvalue weighted by Crippen LogP contribution is -2.31. The van der Waals surface area contributed by atoms with Gasteiger partial charge in [-0.2, -0.15) is 0 Å². The van der Waals surface area contributed by atoms with E-state index in [0.29, 0.717) is 29.2 Å². The number of likely N-dealkylation sites (N-methyl/N-ethyl adjacent to an activating group) is 1. The van der Waals surface area contributed by atoms with E-state index in [4.69, 9.17) is 11.6 Å². The Bertz CT molecular complexity index is 760. The second kappa shape index (κ2) is 10.7. The molecule has 2 amide bonds. The van der Waals surface area contributed by atoms with E-state index in [9.17, 15) is 9.59 Å².